The van der Waals surface area contributed by atoms with Crippen molar-refractivity contribution in [2.45, 2.75) is 19.5 Å². The smallest absolute Gasteiger partial charge is 0.124 e. The molecule has 6 heteroatoms. The van der Waals surface area contributed by atoms with E-state index >= 15 is 0 Å². The SMILES string of the molecule is C=C(O)c1ccc(C2CN(CCOC)CCN2Cc2c(OC)cc(C)c3[nH]ccc23)cc1. The number of nitrogens with one attached hydrogen (secondary N) is 1. The van der Waals surface area contributed by atoms with Crippen LogP contribution in [0.2, 0.25) is 0 Å². The van der Waals surface area contributed by atoms with Gasteiger partial charge in [0, 0.05) is 74.1 Å². The number of nitrogens with zero attached hydrogens (tertiary/aromatic N) is 2. The zero-order valence-electron chi connectivity index (χ0n) is 19.2. The number of hydrogen-bond acceptors (Lipinski definition) is 5. The summed E-state index contributed by atoms with van der Waals surface area (Å²) in [7, 11) is 3.50. The fourth-order valence-electron chi connectivity index (χ4n) is 4.69. The topological polar surface area (TPSA) is 61.0 Å². The van der Waals surface area contributed by atoms with Crippen LogP contribution in [0.3, 0.4) is 0 Å². The third-order valence-electron chi connectivity index (χ3n) is 6.51. The number of aliphatic hydroxyl groups excluding tert-OH is 1. The van der Waals surface area contributed by atoms with E-state index in [9.17, 15) is 5.11 Å². The first-order chi connectivity index (χ1) is 15.5. The van der Waals surface area contributed by atoms with Gasteiger partial charge < -0.3 is 19.6 Å². The lowest BCUT2D eigenvalue weighted by molar-refractivity contribution is 0.0507. The number of ether oxygens (including phenoxy) is 2. The summed E-state index contributed by atoms with van der Waals surface area (Å²) in [6, 6.07) is 12.6. The van der Waals surface area contributed by atoms with Gasteiger partial charge in [-0.05, 0) is 30.2 Å². The summed E-state index contributed by atoms with van der Waals surface area (Å²) in [5.74, 6) is 1.03. The van der Waals surface area contributed by atoms with E-state index in [1.807, 2.05) is 18.3 Å². The highest BCUT2D eigenvalue weighted by Crippen LogP contribution is 2.35. The minimum Gasteiger partial charge on any atom is -0.508 e. The van der Waals surface area contributed by atoms with Gasteiger partial charge in [-0.15, -0.1) is 0 Å². The van der Waals surface area contributed by atoms with Crippen LogP contribution in [0, 0.1) is 6.92 Å². The van der Waals surface area contributed by atoms with E-state index in [1.165, 1.54) is 27.6 Å². The monoisotopic (exact) mass is 435 g/mol. The minimum absolute atomic E-state index is 0.0954. The second-order valence-corrected chi connectivity index (χ2v) is 8.49. The van der Waals surface area contributed by atoms with E-state index in [0.717, 1.165) is 50.6 Å². The first-order valence-corrected chi connectivity index (χ1v) is 11.1. The molecular formula is C26H33N3O3. The number of aromatic nitrogens is 1. The molecule has 2 heterocycles. The summed E-state index contributed by atoms with van der Waals surface area (Å²) in [6.07, 6.45) is 2.00. The number of piperazine rings is 1. The van der Waals surface area contributed by atoms with Gasteiger partial charge in [-0.2, -0.15) is 0 Å². The number of rotatable bonds is 8. The van der Waals surface area contributed by atoms with Crippen LogP contribution in [0.15, 0.2) is 49.2 Å². The molecule has 1 atom stereocenters. The molecule has 170 valence electrons. The zero-order chi connectivity index (χ0) is 22.7. The van der Waals surface area contributed by atoms with Crippen LogP contribution in [-0.2, 0) is 11.3 Å². The minimum atomic E-state index is 0.0954. The van der Waals surface area contributed by atoms with Crippen molar-refractivity contribution in [3.05, 3.63) is 71.4 Å². The maximum Gasteiger partial charge on any atom is 0.124 e. The van der Waals surface area contributed by atoms with Gasteiger partial charge in [-0.1, -0.05) is 30.8 Å². The molecule has 0 amide bonds. The molecule has 1 unspecified atom stereocenters. The number of aryl methyl sites for hydroxylation is 1. The van der Waals surface area contributed by atoms with Crippen LogP contribution in [-0.4, -0.2) is 66.9 Å². The number of H-pyrrole nitrogens is 1. The van der Waals surface area contributed by atoms with Gasteiger partial charge in [0.05, 0.1) is 13.7 Å². The van der Waals surface area contributed by atoms with Crippen molar-refractivity contribution in [3.63, 3.8) is 0 Å². The number of aromatic amines is 1. The highest BCUT2D eigenvalue weighted by Gasteiger charge is 2.29. The highest BCUT2D eigenvalue weighted by molar-refractivity contribution is 5.88. The normalized spacial score (nSPS) is 17.7. The Morgan fingerprint density at radius 2 is 1.97 bits per heavy atom. The molecule has 0 aliphatic carbocycles. The summed E-state index contributed by atoms with van der Waals surface area (Å²) < 4.78 is 11.1. The number of aliphatic hydroxyl groups is 1. The standard InChI is InChI=1S/C26H33N3O3/c1-18-15-25(32-4)23(22-9-10-27-26(18)22)16-29-12-11-28(13-14-31-3)17-24(29)21-7-5-20(6-8-21)19(2)30/h5-10,15,24,27,30H,2,11-14,16-17H2,1,3-4H3. The average Bonchev–Trinajstić information content (AvgIpc) is 3.30. The third-order valence-corrected chi connectivity index (χ3v) is 6.51. The lowest BCUT2D eigenvalue weighted by atomic mass is 9.98. The molecule has 2 N–H and O–H groups in total. The van der Waals surface area contributed by atoms with Gasteiger partial charge in [0.15, 0.2) is 0 Å². The number of hydrogen-bond donors (Lipinski definition) is 2. The Kier molecular flexibility index (Phi) is 6.84. The lowest BCUT2D eigenvalue weighted by Gasteiger charge is -2.42. The van der Waals surface area contributed by atoms with E-state index in [-0.39, 0.29) is 11.8 Å². The molecule has 1 aliphatic rings. The third kappa shape index (κ3) is 4.53. The summed E-state index contributed by atoms with van der Waals surface area (Å²) in [4.78, 5) is 8.37. The van der Waals surface area contributed by atoms with Gasteiger partial charge in [-0.25, -0.2) is 0 Å². The zero-order valence-corrected chi connectivity index (χ0v) is 19.2. The van der Waals surface area contributed by atoms with Gasteiger partial charge in [0.25, 0.3) is 0 Å². The van der Waals surface area contributed by atoms with Gasteiger partial charge in [-0.3, -0.25) is 9.80 Å². The summed E-state index contributed by atoms with van der Waals surface area (Å²) in [5.41, 5.74) is 5.55. The fourth-order valence-corrected chi connectivity index (χ4v) is 4.69. The predicted molar refractivity (Wildman–Crippen MR) is 129 cm³/mol. The second kappa shape index (κ2) is 9.77. The largest absolute Gasteiger partial charge is 0.508 e. The van der Waals surface area contributed by atoms with E-state index in [0.29, 0.717) is 0 Å². The summed E-state index contributed by atoms with van der Waals surface area (Å²) in [5, 5.41) is 10.9. The van der Waals surface area contributed by atoms with Crippen LogP contribution in [0.4, 0.5) is 0 Å². The van der Waals surface area contributed by atoms with Crippen LogP contribution in [0.25, 0.3) is 16.7 Å². The molecule has 0 spiro atoms. The van der Waals surface area contributed by atoms with E-state index in [4.69, 9.17) is 9.47 Å². The molecular weight excluding hydrogens is 402 g/mol. The first-order valence-electron chi connectivity index (χ1n) is 11.1. The van der Waals surface area contributed by atoms with Crippen LogP contribution in [0.1, 0.15) is 28.3 Å². The fraction of sp³-hybridized carbons (Fsp3) is 0.385. The molecule has 0 saturated carbocycles. The molecule has 1 saturated heterocycles. The van der Waals surface area contributed by atoms with Gasteiger partial charge in [0.1, 0.15) is 11.5 Å². The van der Waals surface area contributed by atoms with Crippen molar-refractivity contribution >= 4 is 16.7 Å². The molecule has 3 aromatic rings. The van der Waals surface area contributed by atoms with Crippen molar-refractivity contribution in [2.24, 2.45) is 0 Å². The van der Waals surface area contributed by atoms with Crippen molar-refractivity contribution in [1.82, 2.24) is 14.8 Å². The van der Waals surface area contributed by atoms with E-state index in [1.54, 1.807) is 14.2 Å². The van der Waals surface area contributed by atoms with Crippen molar-refractivity contribution in [1.29, 1.82) is 0 Å². The summed E-state index contributed by atoms with van der Waals surface area (Å²) in [6.45, 7) is 11.1. The van der Waals surface area contributed by atoms with Gasteiger partial charge >= 0.3 is 0 Å². The Hall–Kier alpha value is -2.80. The molecule has 1 aromatic heterocycles. The van der Waals surface area contributed by atoms with Crippen molar-refractivity contribution in [3.8, 4) is 5.75 Å². The molecule has 6 nitrogen and oxygen atoms in total. The molecule has 1 aliphatic heterocycles. The molecule has 2 aromatic carbocycles. The van der Waals surface area contributed by atoms with E-state index in [2.05, 4.69) is 52.6 Å². The first kappa shape index (κ1) is 22.4. The Morgan fingerprint density at radius 1 is 1.19 bits per heavy atom. The summed E-state index contributed by atoms with van der Waals surface area (Å²) >= 11 is 0. The highest BCUT2D eigenvalue weighted by atomic mass is 16.5. The molecule has 32 heavy (non-hydrogen) atoms. The van der Waals surface area contributed by atoms with Crippen molar-refractivity contribution < 1.29 is 14.6 Å². The molecule has 1 fully saturated rings. The maximum atomic E-state index is 9.73. The number of benzene rings is 2. The number of methoxy groups -OCH3 is 2. The quantitative estimate of drug-likeness (QED) is 0.510. The molecule has 0 radical (unpaired) electrons. The Morgan fingerprint density at radius 3 is 2.66 bits per heavy atom. The van der Waals surface area contributed by atoms with Crippen molar-refractivity contribution in [2.75, 3.05) is 47.0 Å². The molecule has 0 bridgehead atoms. The van der Waals surface area contributed by atoms with Gasteiger partial charge in [0.2, 0.25) is 0 Å². The Labute approximate surface area is 190 Å². The average molecular weight is 436 g/mol. The predicted octanol–water partition coefficient (Wildman–Crippen LogP) is 4.52. The Bertz CT molecular complexity index is 1070. The second-order valence-electron chi connectivity index (χ2n) is 8.49. The van der Waals surface area contributed by atoms with Crippen LogP contribution in [0.5, 0.6) is 5.75 Å². The van der Waals surface area contributed by atoms with Crippen LogP contribution >= 0.6 is 0 Å². The van der Waals surface area contributed by atoms with Crippen LogP contribution < -0.4 is 4.74 Å². The molecule has 4 rings (SSSR count). The Balaban J connectivity index is 1.67. The lowest BCUT2D eigenvalue weighted by Crippen LogP contribution is -2.48. The van der Waals surface area contributed by atoms with E-state index < -0.39 is 0 Å². The maximum absolute atomic E-state index is 9.73. The number of fused-ring (bicyclic) bond motifs is 1.